The van der Waals surface area contributed by atoms with Crippen LogP contribution in [0.25, 0.3) is 0 Å². The molecule has 1 aromatic rings. The van der Waals surface area contributed by atoms with Gasteiger partial charge in [-0.2, -0.15) is 0 Å². The molecule has 1 aromatic heterocycles. The predicted octanol–water partition coefficient (Wildman–Crippen LogP) is 1.95. The summed E-state index contributed by atoms with van der Waals surface area (Å²) in [6.07, 6.45) is 1.69. The molecule has 3 nitrogen and oxygen atoms in total. The van der Waals surface area contributed by atoms with Crippen molar-refractivity contribution in [2.24, 2.45) is 5.73 Å². The number of methoxy groups -OCH3 is 1. The van der Waals surface area contributed by atoms with Gasteiger partial charge >= 0.3 is 0 Å². The van der Waals surface area contributed by atoms with Gasteiger partial charge in [0.05, 0.1) is 7.11 Å². The highest BCUT2D eigenvalue weighted by atomic mass is 35.5. The van der Waals surface area contributed by atoms with Crippen molar-refractivity contribution < 1.29 is 4.74 Å². The van der Waals surface area contributed by atoms with Gasteiger partial charge in [-0.15, -0.1) is 24.8 Å². The molecular weight excluding hydrogens is 211 g/mol. The van der Waals surface area contributed by atoms with Gasteiger partial charge in [-0.3, -0.25) is 0 Å². The van der Waals surface area contributed by atoms with Crippen molar-refractivity contribution in [1.82, 2.24) is 4.98 Å². The molecule has 13 heavy (non-hydrogen) atoms. The molecule has 0 aliphatic rings. The monoisotopic (exact) mass is 224 g/mol. The minimum Gasteiger partial charge on any atom is -0.481 e. The fourth-order valence-corrected chi connectivity index (χ4v) is 0.820. The average Bonchev–Trinajstić information content (AvgIpc) is 2.05. The second-order valence-electron chi connectivity index (χ2n) is 2.42. The lowest BCUT2D eigenvalue weighted by molar-refractivity contribution is 0.397. The molecule has 0 saturated carbocycles. The number of hydrogen-bond donors (Lipinski definition) is 1. The Kier molecular flexibility index (Phi) is 8.01. The molecule has 2 N–H and O–H groups in total. The van der Waals surface area contributed by atoms with Crippen LogP contribution in [0.3, 0.4) is 0 Å². The molecule has 76 valence electrons. The fraction of sp³-hybridized carbons (Fsp3) is 0.375. The van der Waals surface area contributed by atoms with Gasteiger partial charge in [-0.05, 0) is 18.6 Å². The second kappa shape index (κ2) is 6.95. The molecule has 1 atom stereocenters. The van der Waals surface area contributed by atoms with Crippen molar-refractivity contribution in [3.8, 4) is 5.88 Å². The predicted molar refractivity (Wildman–Crippen MR) is 57.9 cm³/mol. The first kappa shape index (κ1) is 15.0. The van der Waals surface area contributed by atoms with Gasteiger partial charge in [-0.1, -0.05) is 0 Å². The SMILES string of the molecule is COc1cc([C@@H](C)N)ccn1.Cl.Cl. The molecule has 0 radical (unpaired) electrons. The fourth-order valence-electron chi connectivity index (χ4n) is 0.820. The molecule has 5 heteroatoms. The standard InChI is InChI=1S/C8H12N2O.2ClH/c1-6(9)7-3-4-10-8(5-7)11-2;;/h3-6H,9H2,1-2H3;2*1H/t6-;;/m1../s1. The Balaban J connectivity index is 0. The van der Waals surface area contributed by atoms with Gasteiger partial charge in [0.15, 0.2) is 0 Å². The van der Waals surface area contributed by atoms with E-state index in [1.807, 2.05) is 19.1 Å². The van der Waals surface area contributed by atoms with E-state index in [0.717, 1.165) is 5.56 Å². The maximum Gasteiger partial charge on any atom is 0.213 e. The van der Waals surface area contributed by atoms with E-state index in [0.29, 0.717) is 5.88 Å². The van der Waals surface area contributed by atoms with E-state index in [1.165, 1.54) is 0 Å². The smallest absolute Gasteiger partial charge is 0.213 e. The third-order valence-corrected chi connectivity index (χ3v) is 1.49. The van der Waals surface area contributed by atoms with E-state index in [9.17, 15) is 0 Å². The van der Waals surface area contributed by atoms with Crippen molar-refractivity contribution in [2.45, 2.75) is 13.0 Å². The first-order valence-electron chi connectivity index (χ1n) is 3.49. The van der Waals surface area contributed by atoms with Crippen molar-refractivity contribution in [3.63, 3.8) is 0 Å². The molecule has 0 aliphatic carbocycles. The minimum atomic E-state index is 0. The van der Waals surface area contributed by atoms with Crippen molar-refractivity contribution in [3.05, 3.63) is 23.9 Å². The van der Waals surface area contributed by atoms with Crippen LogP contribution < -0.4 is 10.5 Å². The van der Waals surface area contributed by atoms with Gasteiger partial charge in [-0.25, -0.2) is 4.98 Å². The minimum absolute atomic E-state index is 0. The van der Waals surface area contributed by atoms with E-state index in [2.05, 4.69) is 4.98 Å². The lowest BCUT2D eigenvalue weighted by Crippen LogP contribution is -2.05. The highest BCUT2D eigenvalue weighted by Crippen LogP contribution is 2.13. The number of nitrogens with zero attached hydrogens (tertiary/aromatic N) is 1. The number of aromatic nitrogens is 1. The number of hydrogen-bond acceptors (Lipinski definition) is 3. The summed E-state index contributed by atoms with van der Waals surface area (Å²) >= 11 is 0. The van der Waals surface area contributed by atoms with Crippen LogP contribution in [0.5, 0.6) is 5.88 Å². The van der Waals surface area contributed by atoms with Crippen LogP contribution in [0.4, 0.5) is 0 Å². The first-order chi connectivity index (χ1) is 5.24. The van der Waals surface area contributed by atoms with Crippen LogP contribution in [0.15, 0.2) is 18.3 Å². The number of nitrogens with two attached hydrogens (primary N) is 1. The summed E-state index contributed by atoms with van der Waals surface area (Å²) in [4.78, 5) is 3.96. The maximum absolute atomic E-state index is 5.65. The van der Waals surface area contributed by atoms with E-state index in [-0.39, 0.29) is 30.9 Å². The normalized spacial score (nSPS) is 10.7. The van der Waals surface area contributed by atoms with Gasteiger partial charge in [0, 0.05) is 18.3 Å². The van der Waals surface area contributed by atoms with E-state index >= 15 is 0 Å². The largest absolute Gasteiger partial charge is 0.481 e. The molecule has 0 aliphatic heterocycles. The molecular formula is C8H14Cl2N2O. The summed E-state index contributed by atoms with van der Waals surface area (Å²) in [5.74, 6) is 0.611. The molecule has 1 heterocycles. The van der Waals surface area contributed by atoms with Gasteiger partial charge in [0.25, 0.3) is 0 Å². The summed E-state index contributed by atoms with van der Waals surface area (Å²) in [5, 5.41) is 0. The third-order valence-electron chi connectivity index (χ3n) is 1.49. The number of pyridine rings is 1. The van der Waals surface area contributed by atoms with Crippen LogP contribution in [0.2, 0.25) is 0 Å². The Labute approximate surface area is 90.5 Å². The van der Waals surface area contributed by atoms with Crippen LogP contribution in [0.1, 0.15) is 18.5 Å². The lowest BCUT2D eigenvalue weighted by atomic mass is 10.1. The Morgan fingerprint density at radius 2 is 2.08 bits per heavy atom. The lowest BCUT2D eigenvalue weighted by Gasteiger charge is -2.05. The topological polar surface area (TPSA) is 48.1 Å². The van der Waals surface area contributed by atoms with Crippen LogP contribution in [-0.4, -0.2) is 12.1 Å². The van der Waals surface area contributed by atoms with E-state index in [1.54, 1.807) is 13.3 Å². The molecule has 0 spiro atoms. The zero-order valence-corrected chi connectivity index (χ0v) is 9.19. The second-order valence-corrected chi connectivity index (χ2v) is 2.42. The molecule has 0 fully saturated rings. The van der Waals surface area contributed by atoms with Gasteiger partial charge < -0.3 is 10.5 Å². The Hall–Kier alpha value is -0.510. The number of ether oxygens (including phenoxy) is 1. The maximum atomic E-state index is 5.65. The summed E-state index contributed by atoms with van der Waals surface area (Å²) in [5.41, 5.74) is 6.69. The van der Waals surface area contributed by atoms with Crippen molar-refractivity contribution in [1.29, 1.82) is 0 Å². The van der Waals surface area contributed by atoms with E-state index < -0.39 is 0 Å². The number of halogens is 2. The molecule has 0 saturated heterocycles. The first-order valence-corrected chi connectivity index (χ1v) is 3.49. The quantitative estimate of drug-likeness (QED) is 0.836. The van der Waals surface area contributed by atoms with Crippen LogP contribution >= 0.6 is 24.8 Å². The van der Waals surface area contributed by atoms with Crippen molar-refractivity contribution in [2.75, 3.05) is 7.11 Å². The molecule has 0 unspecified atom stereocenters. The van der Waals surface area contributed by atoms with E-state index in [4.69, 9.17) is 10.5 Å². The molecule has 0 bridgehead atoms. The van der Waals surface area contributed by atoms with Gasteiger partial charge in [0.2, 0.25) is 5.88 Å². The number of rotatable bonds is 2. The summed E-state index contributed by atoms with van der Waals surface area (Å²) in [6.45, 7) is 1.93. The third kappa shape index (κ3) is 4.31. The summed E-state index contributed by atoms with van der Waals surface area (Å²) < 4.78 is 4.94. The molecule has 0 aromatic carbocycles. The Morgan fingerprint density at radius 1 is 1.46 bits per heavy atom. The summed E-state index contributed by atoms with van der Waals surface area (Å²) in [6, 6.07) is 3.75. The Morgan fingerprint density at radius 3 is 2.54 bits per heavy atom. The highest BCUT2D eigenvalue weighted by Gasteiger charge is 1.99. The average molecular weight is 225 g/mol. The molecule has 1 rings (SSSR count). The van der Waals surface area contributed by atoms with Crippen LogP contribution in [-0.2, 0) is 0 Å². The van der Waals surface area contributed by atoms with Crippen LogP contribution in [0, 0.1) is 0 Å². The zero-order chi connectivity index (χ0) is 8.27. The van der Waals surface area contributed by atoms with Crippen molar-refractivity contribution >= 4 is 24.8 Å². The summed E-state index contributed by atoms with van der Waals surface area (Å²) in [7, 11) is 1.59. The highest BCUT2D eigenvalue weighted by molar-refractivity contribution is 5.85. The molecule has 0 amide bonds. The zero-order valence-electron chi connectivity index (χ0n) is 7.56. The van der Waals surface area contributed by atoms with Gasteiger partial charge in [0.1, 0.15) is 0 Å². The Bertz CT molecular complexity index is 243.